The van der Waals surface area contributed by atoms with Crippen molar-refractivity contribution in [1.82, 2.24) is 14.7 Å². The normalized spacial score (nSPS) is 22.2. The van der Waals surface area contributed by atoms with Crippen molar-refractivity contribution in [3.05, 3.63) is 48.3 Å². The predicted octanol–water partition coefficient (Wildman–Crippen LogP) is 3.18. The molecule has 1 unspecified atom stereocenters. The van der Waals surface area contributed by atoms with Crippen molar-refractivity contribution in [2.24, 2.45) is 11.8 Å². The smallest absolute Gasteiger partial charge is 0.170 e. The maximum Gasteiger partial charge on any atom is 0.170 e. The van der Waals surface area contributed by atoms with Crippen LogP contribution in [0.1, 0.15) is 36.0 Å². The number of ketones is 1. The van der Waals surface area contributed by atoms with Crippen molar-refractivity contribution < 1.29 is 4.79 Å². The second-order valence-electron chi connectivity index (χ2n) is 6.92. The molecular weight excluding hydrogens is 286 g/mol. The molecule has 1 aliphatic carbocycles. The van der Waals surface area contributed by atoms with E-state index in [2.05, 4.69) is 10.00 Å². The monoisotopic (exact) mass is 309 g/mol. The minimum Gasteiger partial charge on any atom is -0.302 e. The summed E-state index contributed by atoms with van der Waals surface area (Å²) in [6.45, 7) is 3.27. The summed E-state index contributed by atoms with van der Waals surface area (Å²) in [7, 11) is 0. The van der Waals surface area contributed by atoms with Gasteiger partial charge in [0.25, 0.3) is 0 Å². The SMILES string of the molecule is O=C(c1cnn(-c2ccccc2)c1)C1CCCN(CC2CC2)C1. The van der Waals surface area contributed by atoms with Crippen LogP contribution in [0.4, 0.5) is 0 Å². The van der Waals surface area contributed by atoms with E-state index in [1.807, 2.05) is 36.5 Å². The van der Waals surface area contributed by atoms with Gasteiger partial charge in [-0.15, -0.1) is 0 Å². The molecule has 4 nitrogen and oxygen atoms in total. The third-order valence-corrected chi connectivity index (χ3v) is 4.98. The maximum absolute atomic E-state index is 12.8. The number of carbonyl (C=O) groups excluding carboxylic acids is 1. The van der Waals surface area contributed by atoms with Crippen LogP contribution in [0.3, 0.4) is 0 Å². The Morgan fingerprint density at radius 1 is 1.17 bits per heavy atom. The molecule has 2 aliphatic rings. The zero-order valence-electron chi connectivity index (χ0n) is 13.4. The summed E-state index contributed by atoms with van der Waals surface area (Å²) in [5, 5.41) is 4.36. The van der Waals surface area contributed by atoms with Gasteiger partial charge in [-0.25, -0.2) is 4.68 Å². The van der Waals surface area contributed by atoms with Gasteiger partial charge in [-0.2, -0.15) is 5.10 Å². The highest BCUT2D eigenvalue weighted by atomic mass is 16.1. The third kappa shape index (κ3) is 3.37. The summed E-state index contributed by atoms with van der Waals surface area (Å²) < 4.78 is 1.79. The van der Waals surface area contributed by atoms with Crippen LogP contribution >= 0.6 is 0 Å². The molecule has 0 bridgehead atoms. The molecule has 2 fully saturated rings. The van der Waals surface area contributed by atoms with Gasteiger partial charge in [-0.1, -0.05) is 18.2 Å². The number of hydrogen-bond acceptors (Lipinski definition) is 3. The molecular formula is C19H23N3O. The highest BCUT2D eigenvalue weighted by Gasteiger charge is 2.31. The number of benzene rings is 1. The van der Waals surface area contributed by atoms with Crippen LogP contribution in [0.25, 0.3) is 5.69 Å². The van der Waals surface area contributed by atoms with Gasteiger partial charge in [0.2, 0.25) is 0 Å². The number of piperidine rings is 1. The largest absolute Gasteiger partial charge is 0.302 e. The Morgan fingerprint density at radius 2 is 2.00 bits per heavy atom. The van der Waals surface area contributed by atoms with Crippen molar-refractivity contribution in [3.63, 3.8) is 0 Å². The molecule has 0 spiro atoms. The Balaban J connectivity index is 1.45. The molecule has 1 saturated carbocycles. The predicted molar refractivity (Wildman–Crippen MR) is 89.8 cm³/mol. The molecule has 4 rings (SSSR count). The Labute approximate surface area is 137 Å². The maximum atomic E-state index is 12.8. The molecule has 1 atom stereocenters. The summed E-state index contributed by atoms with van der Waals surface area (Å²) in [4.78, 5) is 15.3. The van der Waals surface area contributed by atoms with Crippen LogP contribution in [0.5, 0.6) is 0 Å². The number of para-hydroxylation sites is 1. The molecule has 1 aliphatic heterocycles. The first-order valence-corrected chi connectivity index (χ1v) is 8.66. The van der Waals surface area contributed by atoms with Crippen molar-refractivity contribution in [2.45, 2.75) is 25.7 Å². The fourth-order valence-electron chi connectivity index (χ4n) is 3.51. The highest BCUT2D eigenvalue weighted by Crippen LogP contribution is 2.31. The average Bonchev–Trinajstić information content (AvgIpc) is 3.27. The topological polar surface area (TPSA) is 38.1 Å². The molecule has 1 aromatic carbocycles. The van der Waals surface area contributed by atoms with E-state index < -0.39 is 0 Å². The quantitative estimate of drug-likeness (QED) is 0.796. The molecule has 1 saturated heterocycles. The third-order valence-electron chi connectivity index (χ3n) is 4.98. The molecule has 0 N–H and O–H groups in total. The fourth-order valence-corrected chi connectivity index (χ4v) is 3.51. The average molecular weight is 309 g/mol. The van der Waals surface area contributed by atoms with E-state index in [0.29, 0.717) is 0 Å². The first-order chi connectivity index (χ1) is 11.3. The van der Waals surface area contributed by atoms with E-state index >= 15 is 0 Å². The van der Waals surface area contributed by atoms with E-state index in [9.17, 15) is 4.79 Å². The van der Waals surface area contributed by atoms with E-state index in [1.54, 1.807) is 10.9 Å². The van der Waals surface area contributed by atoms with Gasteiger partial charge in [-0.05, 0) is 50.3 Å². The summed E-state index contributed by atoms with van der Waals surface area (Å²) in [5.74, 6) is 1.29. The van der Waals surface area contributed by atoms with Crippen LogP contribution in [-0.4, -0.2) is 40.1 Å². The van der Waals surface area contributed by atoms with Gasteiger partial charge in [0.1, 0.15) is 0 Å². The minimum absolute atomic E-state index is 0.135. The van der Waals surface area contributed by atoms with E-state index in [-0.39, 0.29) is 11.7 Å². The molecule has 2 heterocycles. The Morgan fingerprint density at radius 3 is 2.78 bits per heavy atom. The van der Waals surface area contributed by atoms with E-state index in [0.717, 1.165) is 43.1 Å². The molecule has 23 heavy (non-hydrogen) atoms. The molecule has 0 amide bonds. The Hall–Kier alpha value is -1.94. The molecule has 120 valence electrons. The lowest BCUT2D eigenvalue weighted by atomic mass is 9.91. The number of aromatic nitrogens is 2. The van der Waals surface area contributed by atoms with E-state index in [4.69, 9.17) is 0 Å². The van der Waals surface area contributed by atoms with Gasteiger partial charge in [-0.3, -0.25) is 4.79 Å². The summed E-state index contributed by atoms with van der Waals surface area (Å²) in [6.07, 6.45) is 8.48. The van der Waals surface area contributed by atoms with Gasteiger partial charge in [0.15, 0.2) is 5.78 Å². The van der Waals surface area contributed by atoms with Gasteiger partial charge < -0.3 is 4.90 Å². The summed E-state index contributed by atoms with van der Waals surface area (Å²) in [5.41, 5.74) is 1.73. The highest BCUT2D eigenvalue weighted by molar-refractivity contribution is 5.97. The number of rotatable bonds is 5. The zero-order chi connectivity index (χ0) is 15.6. The summed E-state index contributed by atoms with van der Waals surface area (Å²) >= 11 is 0. The van der Waals surface area contributed by atoms with Crippen molar-refractivity contribution in [1.29, 1.82) is 0 Å². The van der Waals surface area contributed by atoms with Gasteiger partial charge in [0.05, 0.1) is 17.4 Å². The lowest BCUT2D eigenvalue weighted by Gasteiger charge is -2.31. The fraction of sp³-hybridized carbons (Fsp3) is 0.474. The minimum atomic E-state index is 0.135. The number of Topliss-reactive ketones (excluding diaryl/α,β-unsaturated/α-hetero) is 1. The standard InChI is InChI=1S/C19H23N3O/c23-19(16-5-4-10-21(13-16)12-15-8-9-15)17-11-20-22(14-17)18-6-2-1-3-7-18/h1-3,6-7,11,14-16H,4-5,8-10,12-13H2. The van der Waals surface area contributed by atoms with Crippen LogP contribution in [-0.2, 0) is 0 Å². The number of carbonyl (C=O) groups is 1. The summed E-state index contributed by atoms with van der Waals surface area (Å²) in [6, 6.07) is 9.94. The van der Waals surface area contributed by atoms with Crippen LogP contribution in [0, 0.1) is 11.8 Å². The second-order valence-corrected chi connectivity index (χ2v) is 6.92. The number of nitrogens with zero attached hydrogens (tertiary/aromatic N) is 3. The lowest BCUT2D eigenvalue weighted by Crippen LogP contribution is -2.39. The first kappa shape index (κ1) is 14.6. The number of hydrogen-bond donors (Lipinski definition) is 0. The van der Waals surface area contributed by atoms with Crippen LogP contribution < -0.4 is 0 Å². The molecule has 4 heteroatoms. The van der Waals surface area contributed by atoms with Gasteiger partial charge in [0, 0.05) is 25.2 Å². The first-order valence-electron chi connectivity index (χ1n) is 8.66. The van der Waals surface area contributed by atoms with Crippen LogP contribution in [0.2, 0.25) is 0 Å². The molecule has 0 radical (unpaired) electrons. The van der Waals surface area contributed by atoms with E-state index in [1.165, 1.54) is 19.4 Å². The van der Waals surface area contributed by atoms with Gasteiger partial charge >= 0.3 is 0 Å². The second kappa shape index (κ2) is 6.28. The van der Waals surface area contributed by atoms with Crippen molar-refractivity contribution >= 4 is 5.78 Å². The van der Waals surface area contributed by atoms with Crippen molar-refractivity contribution in [3.8, 4) is 5.69 Å². The zero-order valence-corrected chi connectivity index (χ0v) is 13.4. The number of likely N-dealkylation sites (tertiary alicyclic amines) is 1. The van der Waals surface area contributed by atoms with Crippen molar-refractivity contribution in [2.75, 3.05) is 19.6 Å². The Bertz CT molecular complexity index is 675. The molecule has 1 aromatic heterocycles. The molecule has 2 aromatic rings. The lowest BCUT2D eigenvalue weighted by molar-refractivity contribution is 0.0814. The van der Waals surface area contributed by atoms with Crippen LogP contribution in [0.15, 0.2) is 42.7 Å². The Kier molecular flexibility index (Phi) is 4.00.